The zero-order chi connectivity index (χ0) is 20.1. The van der Waals surface area contributed by atoms with Crippen LogP contribution in [-0.4, -0.2) is 19.5 Å². The van der Waals surface area contributed by atoms with E-state index in [-0.39, 0.29) is 5.82 Å². The normalized spacial score (nSPS) is 11.6. The number of aryl methyl sites for hydroxylation is 2. The van der Waals surface area contributed by atoms with Gasteiger partial charge in [0.15, 0.2) is 0 Å². The van der Waals surface area contributed by atoms with Gasteiger partial charge in [-0.25, -0.2) is 14.4 Å². The van der Waals surface area contributed by atoms with Crippen LogP contribution in [0.25, 0.3) is 27.7 Å². The second kappa shape index (κ2) is 6.41. The summed E-state index contributed by atoms with van der Waals surface area (Å²) in [6.07, 6.45) is 2.45. The van der Waals surface area contributed by atoms with Crippen molar-refractivity contribution in [3.05, 3.63) is 77.2 Å². The molecule has 7 heteroatoms. The molecule has 0 radical (unpaired) electrons. The van der Waals surface area contributed by atoms with Crippen molar-refractivity contribution in [1.82, 2.24) is 19.5 Å². The van der Waals surface area contributed by atoms with Crippen molar-refractivity contribution < 1.29 is 8.91 Å². The van der Waals surface area contributed by atoms with Crippen molar-refractivity contribution in [3.8, 4) is 11.1 Å². The van der Waals surface area contributed by atoms with E-state index in [9.17, 15) is 4.39 Å². The van der Waals surface area contributed by atoms with E-state index in [1.54, 1.807) is 16.5 Å². The number of benzene rings is 2. The Hall–Kier alpha value is -3.74. The van der Waals surface area contributed by atoms with Gasteiger partial charge in [0.25, 0.3) is 0 Å². The monoisotopic (exact) mass is 387 g/mol. The first kappa shape index (κ1) is 17.4. The van der Waals surface area contributed by atoms with Crippen molar-refractivity contribution >= 4 is 22.5 Å². The smallest absolute Gasteiger partial charge is 0.206 e. The molecule has 2 aromatic carbocycles. The Morgan fingerprint density at radius 1 is 1.07 bits per heavy atom. The van der Waals surface area contributed by atoms with E-state index in [1.165, 1.54) is 12.1 Å². The maximum atomic E-state index is 13.2. The molecule has 0 aliphatic rings. The Balaban J connectivity index is 1.70. The molecule has 0 atom stereocenters. The van der Waals surface area contributed by atoms with Gasteiger partial charge in [-0.05, 0) is 37.6 Å². The maximum absolute atomic E-state index is 13.2. The lowest BCUT2D eigenvalue weighted by atomic mass is 10.0. The molecule has 3 aromatic heterocycles. The van der Waals surface area contributed by atoms with Crippen LogP contribution >= 0.6 is 0 Å². The third kappa shape index (κ3) is 2.82. The first-order valence-electron chi connectivity index (χ1n) is 9.25. The number of imidazole rings is 1. The molecule has 0 fully saturated rings. The molecule has 0 aliphatic carbocycles. The summed E-state index contributed by atoms with van der Waals surface area (Å²) in [7, 11) is 0. The second-order valence-electron chi connectivity index (χ2n) is 7.10. The van der Waals surface area contributed by atoms with E-state index in [4.69, 9.17) is 15.2 Å². The number of nitrogens with two attached hydrogens (primary N) is 1. The molecule has 2 N–H and O–H groups in total. The summed E-state index contributed by atoms with van der Waals surface area (Å²) in [5.74, 6) is 0.829. The molecule has 29 heavy (non-hydrogen) atoms. The van der Waals surface area contributed by atoms with E-state index in [0.717, 1.165) is 50.4 Å². The fourth-order valence-corrected chi connectivity index (χ4v) is 3.77. The Morgan fingerprint density at radius 3 is 2.59 bits per heavy atom. The van der Waals surface area contributed by atoms with Gasteiger partial charge in [0.05, 0.1) is 16.9 Å². The van der Waals surface area contributed by atoms with Crippen LogP contribution in [0, 0.1) is 19.7 Å². The number of nitrogens with zero attached hydrogens (tertiary/aromatic N) is 4. The summed E-state index contributed by atoms with van der Waals surface area (Å²) in [5, 5.41) is 4.95. The van der Waals surface area contributed by atoms with Crippen LogP contribution < -0.4 is 5.73 Å². The Kier molecular flexibility index (Phi) is 3.84. The third-order valence-electron chi connectivity index (χ3n) is 5.11. The summed E-state index contributed by atoms with van der Waals surface area (Å²) < 4.78 is 20.3. The van der Waals surface area contributed by atoms with Gasteiger partial charge in [-0.15, -0.1) is 0 Å². The van der Waals surface area contributed by atoms with Crippen LogP contribution in [0.3, 0.4) is 0 Å². The summed E-state index contributed by atoms with van der Waals surface area (Å²) in [6, 6.07) is 12.4. The highest BCUT2D eigenvalue weighted by molar-refractivity contribution is 6.02. The first-order chi connectivity index (χ1) is 14.0. The van der Waals surface area contributed by atoms with Gasteiger partial charge in [-0.3, -0.25) is 4.40 Å². The summed E-state index contributed by atoms with van der Waals surface area (Å²) in [6.45, 7) is 3.79. The quantitative estimate of drug-likeness (QED) is 0.494. The van der Waals surface area contributed by atoms with Gasteiger partial charge in [0, 0.05) is 29.1 Å². The Bertz CT molecular complexity index is 1350. The fourth-order valence-electron chi connectivity index (χ4n) is 3.77. The van der Waals surface area contributed by atoms with Crippen LogP contribution in [0.1, 0.15) is 22.7 Å². The van der Waals surface area contributed by atoms with Gasteiger partial charge >= 0.3 is 0 Å². The molecule has 6 nitrogen and oxygen atoms in total. The van der Waals surface area contributed by atoms with Crippen molar-refractivity contribution in [2.75, 3.05) is 5.73 Å². The van der Waals surface area contributed by atoms with E-state index < -0.39 is 0 Å². The van der Waals surface area contributed by atoms with Crippen LogP contribution in [0.2, 0.25) is 0 Å². The molecule has 0 bridgehead atoms. The van der Waals surface area contributed by atoms with Gasteiger partial charge in [-0.1, -0.05) is 29.4 Å². The Labute approximate surface area is 165 Å². The predicted octanol–water partition coefficient (Wildman–Crippen LogP) is 4.47. The Morgan fingerprint density at radius 2 is 1.86 bits per heavy atom. The zero-order valence-electron chi connectivity index (χ0n) is 16.0. The highest BCUT2D eigenvalue weighted by atomic mass is 19.1. The van der Waals surface area contributed by atoms with E-state index in [2.05, 4.69) is 10.1 Å². The minimum atomic E-state index is -0.255. The summed E-state index contributed by atoms with van der Waals surface area (Å²) in [5.41, 5.74) is 12.2. The van der Waals surface area contributed by atoms with Crippen molar-refractivity contribution in [2.24, 2.45) is 0 Å². The first-order valence-corrected chi connectivity index (χ1v) is 9.25. The van der Waals surface area contributed by atoms with Gasteiger partial charge in [0.2, 0.25) is 5.95 Å². The molecule has 0 saturated carbocycles. The third-order valence-corrected chi connectivity index (χ3v) is 5.11. The minimum absolute atomic E-state index is 0.255. The molecular formula is C22H18FN5O. The number of hydrogen-bond donors (Lipinski definition) is 1. The van der Waals surface area contributed by atoms with Crippen LogP contribution in [0.4, 0.5) is 10.3 Å². The number of hydrogen-bond acceptors (Lipinski definition) is 5. The van der Waals surface area contributed by atoms with Crippen molar-refractivity contribution in [3.63, 3.8) is 0 Å². The minimum Gasteiger partial charge on any atom is -0.369 e. The lowest BCUT2D eigenvalue weighted by Gasteiger charge is -2.08. The van der Waals surface area contributed by atoms with Crippen LogP contribution in [0.5, 0.6) is 0 Å². The lowest BCUT2D eigenvalue weighted by Crippen LogP contribution is -2.01. The molecule has 0 spiro atoms. The van der Waals surface area contributed by atoms with Crippen LogP contribution in [0.15, 0.2) is 53.2 Å². The van der Waals surface area contributed by atoms with Gasteiger partial charge < -0.3 is 10.3 Å². The van der Waals surface area contributed by atoms with E-state index >= 15 is 0 Å². The predicted molar refractivity (Wildman–Crippen MR) is 109 cm³/mol. The number of anilines is 1. The fraction of sp³-hybridized carbons (Fsp3) is 0.136. The highest BCUT2D eigenvalue weighted by Crippen LogP contribution is 2.34. The van der Waals surface area contributed by atoms with E-state index in [1.807, 2.05) is 38.2 Å². The molecule has 144 valence electrons. The van der Waals surface area contributed by atoms with E-state index in [0.29, 0.717) is 12.4 Å². The number of nitrogen functional groups attached to an aromatic ring is 1. The SMILES string of the molecule is Cc1noc(C)c1-c1cccc2c1nc(N)n1cc(Cc3ccc(F)cc3)nc21. The summed E-state index contributed by atoms with van der Waals surface area (Å²) >= 11 is 0. The standard InChI is InChI=1S/C22H18FN5O/c1-12-19(13(2)29-27-12)17-4-3-5-18-20(17)26-22(24)28-11-16(25-21(18)28)10-14-6-8-15(23)9-7-14/h3-9,11H,10H2,1-2H3,(H2,24,26). The van der Waals surface area contributed by atoms with Gasteiger partial charge in [0.1, 0.15) is 17.2 Å². The highest BCUT2D eigenvalue weighted by Gasteiger charge is 2.18. The molecule has 0 amide bonds. The second-order valence-corrected chi connectivity index (χ2v) is 7.10. The molecule has 0 saturated heterocycles. The van der Waals surface area contributed by atoms with Crippen molar-refractivity contribution in [1.29, 1.82) is 0 Å². The molecule has 5 rings (SSSR count). The molecule has 3 heterocycles. The van der Waals surface area contributed by atoms with Crippen molar-refractivity contribution in [2.45, 2.75) is 20.3 Å². The average molecular weight is 387 g/mol. The molecule has 0 unspecified atom stereocenters. The number of halogens is 1. The zero-order valence-corrected chi connectivity index (χ0v) is 16.0. The number of fused-ring (bicyclic) bond motifs is 3. The largest absolute Gasteiger partial charge is 0.369 e. The molecule has 5 aromatic rings. The molecular weight excluding hydrogens is 369 g/mol. The average Bonchev–Trinajstić information content (AvgIpc) is 3.27. The lowest BCUT2D eigenvalue weighted by molar-refractivity contribution is 0.393. The molecule has 0 aliphatic heterocycles. The number of aromatic nitrogens is 4. The maximum Gasteiger partial charge on any atom is 0.206 e. The van der Waals surface area contributed by atoms with Gasteiger partial charge in [-0.2, -0.15) is 0 Å². The number of para-hydroxylation sites is 1. The number of rotatable bonds is 3. The van der Waals surface area contributed by atoms with Crippen LogP contribution in [-0.2, 0) is 6.42 Å². The summed E-state index contributed by atoms with van der Waals surface area (Å²) in [4.78, 5) is 9.45. The topological polar surface area (TPSA) is 82.2 Å².